The molecule has 6 heteroatoms. The largest absolute Gasteiger partial charge is 0.389 e. The van der Waals surface area contributed by atoms with Crippen LogP contribution in [0.1, 0.15) is 18.4 Å². The van der Waals surface area contributed by atoms with Gasteiger partial charge in [0.25, 0.3) is 0 Å². The van der Waals surface area contributed by atoms with Gasteiger partial charge in [-0.15, -0.1) is 0 Å². The smallest absolute Gasteiger partial charge is 0.355 e. The van der Waals surface area contributed by atoms with E-state index in [2.05, 4.69) is 5.32 Å². The standard InChI is InChI=1S/C13H17F3N2O/c14-13(15,16)7-4-8-18-12(19)11(17)9-10-5-2-1-3-6-10/h1-3,5-6,11H,4,7-9,17H2,(H,18,19)/t11-/m0/s1. The number of rotatable bonds is 6. The second-order valence-corrected chi connectivity index (χ2v) is 4.31. The normalized spacial score (nSPS) is 13.1. The van der Waals surface area contributed by atoms with Crippen LogP contribution in [0.25, 0.3) is 0 Å². The molecule has 0 fully saturated rings. The Morgan fingerprint density at radius 3 is 2.47 bits per heavy atom. The number of nitrogens with two attached hydrogens (primary N) is 1. The molecule has 0 radical (unpaired) electrons. The minimum absolute atomic E-state index is 0.0131. The molecular formula is C13H17F3N2O. The van der Waals surface area contributed by atoms with Crippen molar-refractivity contribution in [2.24, 2.45) is 5.73 Å². The average molecular weight is 274 g/mol. The SMILES string of the molecule is N[C@@H](Cc1ccccc1)C(=O)NCCCC(F)(F)F. The van der Waals surface area contributed by atoms with Gasteiger partial charge in [-0.2, -0.15) is 13.2 Å². The van der Waals surface area contributed by atoms with E-state index in [1.807, 2.05) is 30.3 Å². The lowest BCUT2D eigenvalue weighted by molar-refractivity contribution is -0.136. The maximum atomic E-state index is 11.9. The Bertz CT molecular complexity index is 393. The van der Waals surface area contributed by atoms with Gasteiger partial charge in [0, 0.05) is 13.0 Å². The number of hydrogen-bond acceptors (Lipinski definition) is 2. The Labute approximate surface area is 110 Å². The van der Waals surface area contributed by atoms with Crippen molar-refractivity contribution in [2.75, 3.05) is 6.54 Å². The first-order valence-electron chi connectivity index (χ1n) is 6.02. The number of hydrogen-bond donors (Lipinski definition) is 2. The molecule has 1 rings (SSSR count). The van der Waals surface area contributed by atoms with Gasteiger partial charge in [0.1, 0.15) is 0 Å². The van der Waals surface area contributed by atoms with Gasteiger partial charge in [-0.3, -0.25) is 4.79 Å². The van der Waals surface area contributed by atoms with Crippen LogP contribution in [-0.4, -0.2) is 24.7 Å². The zero-order valence-corrected chi connectivity index (χ0v) is 10.4. The average Bonchev–Trinajstić information content (AvgIpc) is 2.34. The Hall–Kier alpha value is -1.56. The van der Waals surface area contributed by atoms with Crippen LogP contribution < -0.4 is 11.1 Å². The van der Waals surface area contributed by atoms with Crippen molar-refractivity contribution in [1.82, 2.24) is 5.32 Å². The summed E-state index contributed by atoms with van der Waals surface area (Å²) in [4.78, 5) is 11.6. The van der Waals surface area contributed by atoms with Crippen molar-refractivity contribution >= 4 is 5.91 Å². The summed E-state index contributed by atoms with van der Waals surface area (Å²) in [6.07, 6.45) is -4.85. The van der Waals surface area contributed by atoms with Gasteiger partial charge < -0.3 is 11.1 Å². The zero-order chi connectivity index (χ0) is 14.3. The molecule has 3 nitrogen and oxygen atoms in total. The fraction of sp³-hybridized carbons (Fsp3) is 0.462. The highest BCUT2D eigenvalue weighted by Gasteiger charge is 2.26. The first-order chi connectivity index (χ1) is 8.88. The van der Waals surface area contributed by atoms with Gasteiger partial charge in [-0.1, -0.05) is 30.3 Å². The molecule has 0 saturated carbocycles. The highest BCUT2D eigenvalue weighted by atomic mass is 19.4. The fourth-order valence-corrected chi connectivity index (χ4v) is 1.59. The van der Waals surface area contributed by atoms with Crippen LogP contribution in [0.5, 0.6) is 0 Å². The van der Waals surface area contributed by atoms with E-state index >= 15 is 0 Å². The number of amides is 1. The monoisotopic (exact) mass is 274 g/mol. The summed E-state index contributed by atoms with van der Waals surface area (Å²) in [5.74, 6) is -0.425. The van der Waals surface area contributed by atoms with Gasteiger partial charge in [0.05, 0.1) is 6.04 Å². The molecule has 106 valence electrons. The molecule has 1 atom stereocenters. The van der Waals surface area contributed by atoms with Crippen LogP contribution in [0, 0.1) is 0 Å². The third-order valence-corrected chi connectivity index (χ3v) is 2.57. The Kier molecular flexibility index (Phi) is 5.82. The second kappa shape index (κ2) is 7.13. The molecule has 0 aliphatic rings. The van der Waals surface area contributed by atoms with Gasteiger partial charge in [0.2, 0.25) is 5.91 Å². The molecule has 0 bridgehead atoms. The van der Waals surface area contributed by atoms with Crippen LogP contribution in [0.2, 0.25) is 0 Å². The fourth-order valence-electron chi connectivity index (χ4n) is 1.59. The molecule has 0 spiro atoms. The zero-order valence-electron chi connectivity index (χ0n) is 10.4. The first-order valence-corrected chi connectivity index (χ1v) is 6.02. The van der Waals surface area contributed by atoms with Gasteiger partial charge >= 0.3 is 6.18 Å². The van der Waals surface area contributed by atoms with E-state index < -0.39 is 24.5 Å². The lowest BCUT2D eigenvalue weighted by Gasteiger charge is -2.12. The summed E-state index contributed by atoms with van der Waals surface area (Å²) in [5, 5.41) is 2.41. The van der Waals surface area contributed by atoms with E-state index in [1.165, 1.54) is 0 Å². The third-order valence-electron chi connectivity index (χ3n) is 2.57. The van der Waals surface area contributed by atoms with Crippen molar-refractivity contribution in [1.29, 1.82) is 0 Å². The van der Waals surface area contributed by atoms with E-state index in [-0.39, 0.29) is 13.0 Å². The maximum absolute atomic E-state index is 11.9. The van der Waals surface area contributed by atoms with Crippen molar-refractivity contribution in [3.8, 4) is 0 Å². The topological polar surface area (TPSA) is 55.1 Å². The molecular weight excluding hydrogens is 257 g/mol. The molecule has 0 aliphatic heterocycles. The van der Waals surface area contributed by atoms with Gasteiger partial charge in [0.15, 0.2) is 0 Å². The molecule has 0 saturated heterocycles. The third kappa shape index (κ3) is 6.81. The number of carbonyl (C=O) groups is 1. The van der Waals surface area contributed by atoms with Crippen LogP contribution in [0.4, 0.5) is 13.2 Å². The number of halogens is 3. The Morgan fingerprint density at radius 1 is 1.26 bits per heavy atom. The predicted octanol–water partition coefficient (Wildman–Crippen LogP) is 2.02. The van der Waals surface area contributed by atoms with E-state index in [4.69, 9.17) is 5.73 Å². The van der Waals surface area contributed by atoms with Crippen molar-refractivity contribution in [3.63, 3.8) is 0 Å². The number of nitrogens with one attached hydrogen (secondary N) is 1. The lowest BCUT2D eigenvalue weighted by Crippen LogP contribution is -2.42. The highest BCUT2D eigenvalue weighted by Crippen LogP contribution is 2.20. The van der Waals surface area contributed by atoms with Crippen LogP contribution in [-0.2, 0) is 11.2 Å². The quantitative estimate of drug-likeness (QED) is 0.780. The summed E-state index contributed by atoms with van der Waals surface area (Å²) in [5.41, 5.74) is 6.60. The summed E-state index contributed by atoms with van der Waals surface area (Å²) >= 11 is 0. The predicted molar refractivity (Wildman–Crippen MR) is 66.4 cm³/mol. The molecule has 1 aromatic carbocycles. The van der Waals surface area contributed by atoms with Gasteiger partial charge in [-0.25, -0.2) is 0 Å². The van der Waals surface area contributed by atoms with E-state index in [1.54, 1.807) is 0 Å². The highest BCUT2D eigenvalue weighted by molar-refractivity contribution is 5.81. The first kappa shape index (κ1) is 15.5. The van der Waals surface area contributed by atoms with E-state index in [0.717, 1.165) is 5.56 Å². The molecule has 0 heterocycles. The van der Waals surface area contributed by atoms with Crippen LogP contribution in [0.15, 0.2) is 30.3 Å². The van der Waals surface area contributed by atoms with Crippen molar-refractivity contribution in [2.45, 2.75) is 31.5 Å². The number of carbonyl (C=O) groups excluding carboxylic acids is 1. The molecule has 19 heavy (non-hydrogen) atoms. The number of benzene rings is 1. The van der Waals surface area contributed by atoms with Crippen molar-refractivity contribution in [3.05, 3.63) is 35.9 Å². The van der Waals surface area contributed by atoms with Crippen molar-refractivity contribution < 1.29 is 18.0 Å². The summed E-state index contributed by atoms with van der Waals surface area (Å²) in [7, 11) is 0. The maximum Gasteiger partial charge on any atom is 0.389 e. The summed E-state index contributed by atoms with van der Waals surface area (Å²) in [6.45, 7) is -0.0131. The molecule has 3 N–H and O–H groups in total. The lowest BCUT2D eigenvalue weighted by atomic mass is 10.1. The molecule has 0 aromatic heterocycles. The van der Waals surface area contributed by atoms with E-state index in [0.29, 0.717) is 6.42 Å². The second-order valence-electron chi connectivity index (χ2n) is 4.31. The van der Waals surface area contributed by atoms with Gasteiger partial charge in [-0.05, 0) is 18.4 Å². The molecule has 1 aromatic rings. The minimum atomic E-state index is -4.18. The molecule has 0 aliphatic carbocycles. The van der Waals surface area contributed by atoms with Crippen LogP contribution >= 0.6 is 0 Å². The Morgan fingerprint density at radius 2 is 1.89 bits per heavy atom. The molecule has 1 amide bonds. The minimum Gasteiger partial charge on any atom is -0.355 e. The summed E-state index contributed by atoms with van der Waals surface area (Å²) < 4.78 is 35.7. The number of alkyl halides is 3. The van der Waals surface area contributed by atoms with Crippen LogP contribution in [0.3, 0.4) is 0 Å². The molecule has 0 unspecified atom stereocenters. The summed E-state index contributed by atoms with van der Waals surface area (Å²) in [6, 6.07) is 8.47. The Balaban J connectivity index is 2.26. The van der Waals surface area contributed by atoms with E-state index in [9.17, 15) is 18.0 Å².